The van der Waals surface area contributed by atoms with Gasteiger partial charge in [0.05, 0.1) is 19.4 Å². The Labute approximate surface area is 123 Å². The summed E-state index contributed by atoms with van der Waals surface area (Å²) >= 11 is 0. The highest BCUT2D eigenvalue weighted by atomic mass is 16.5. The van der Waals surface area contributed by atoms with Gasteiger partial charge in [-0.15, -0.1) is 5.10 Å². The molecule has 0 N–H and O–H groups in total. The molecule has 0 aliphatic carbocycles. The first kappa shape index (κ1) is 12.3. The molecule has 0 saturated carbocycles. The van der Waals surface area contributed by atoms with E-state index in [4.69, 9.17) is 4.74 Å². The third-order valence-electron chi connectivity index (χ3n) is 3.77. The number of aromatic nitrogens is 3. The molecule has 104 valence electrons. The summed E-state index contributed by atoms with van der Waals surface area (Å²) in [7, 11) is 0. The molecule has 3 aromatic rings. The van der Waals surface area contributed by atoms with Gasteiger partial charge < -0.3 is 4.74 Å². The number of rotatable bonds is 3. The van der Waals surface area contributed by atoms with Gasteiger partial charge in [0.25, 0.3) is 0 Å². The molecule has 2 aromatic carbocycles. The van der Waals surface area contributed by atoms with Crippen molar-refractivity contribution in [2.45, 2.75) is 6.04 Å². The molecular weight excluding hydrogens is 262 g/mol. The normalized spacial score (nSPS) is 14.9. The second kappa shape index (κ2) is 5.14. The summed E-state index contributed by atoms with van der Waals surface area (Å²) in [6.45, 7) is 1.46. The van der Waals surface area contributed by atoms with Gasteiger partial charge in [-0.2, -0.15) is 0 Å². The van der Waals surface area contributed by atoms with E-state index in [-0.39, 0.29) is 0 Å². The summed E-state index contributed by atoms with van der Waals surface area (Å²) < 4.78 is 7.09. The van der Waals surface area contributed by atoms with Crippen LogP contribution in [0.5, 0.6) is 0 Å². The van der Waals surface area contributed by atoms with Gasteiger partial charge >= 0.3 is 0 Å². The highest BCUT2D eigenvalue weighted by Gasteiger charge is 2.21. The minimum absolute atomic E-state index is 0.337. The fourth-order valence-electron chi connectivity index (χ4n) is 2.45. The lowest BCUT2D eigenvalue weighted by Gasteiger charge is -2.25. The van der Waals surface area contributed by atoms with E-state index >= 15 is 0 Å². The smallest absolute Gasteiger partial charge is 0.113 e. The average molecular weight is 277 g/mol. The minimum Gasteiger partial charge on any atom is -0.377 e. The lowest BCUT2D eigenvalue weighted by atomic mass is 10.0. The van der Waals surface area contributed by atoms with Crippen LogP contribution in [0.15, 0.2) is 60.8 Å². The van der Waals surface area contributed by atoms with Gasteiger partial charge in [0.1, 0.15) is 11.7 Å². The van der Waals surface area contributed by atoms with Crippen LogP contribution >= 0.6 is 0 Å². The molecular formula is C17H15N3O. The van der Waals surface area contributed by atoms with E-state index in [1.165, 1.54) is 11.1 Å². The summed E-state index contributed by atoms with van der Waals surface area (Å²) in [4.78, 5) is 0. The van der Waals surface area contributed by atoms with Crippen LogP contribution in [0, 0.1) is 0 Å². The van der Waals surface area contributed by atoms with E-state index in [2.05, 4.69) is 58.8 Å². The monoisotopic (exact) mass is 277 g/mol. The first-order chi connectivity index (χ1) is 10.4. The van der Waals surface area contributed by atoms with E-state index in [0.29, 0.717) is 6.04 Å². The quantitative estimate of drug-likeness (QED) is 0.738. The van der Waals surface area contributed by atoms with E-state index in [1.807, 2.05) is 16.9 Å². The van der Waals surface area contributed by atoms with Crippen molar-refractivity contribution in [1.82, 2.24) is 15.0 Å². The first-order valence-electron chi connectivity index (χ1n) is 7.05. The van der Waals surface area contributed by atoms with Crippen LogP contribution < -0.4 is 0 Å². The van der Waals surface area contributed by atoms with Crippen molar-refractivity contribution in [3.63, 3.8) is 0 Å². The van der Waals surface area contributed by atoms with Gasteiger partial charge in [-0.25, -0.2) is 4.68 Å². The Morgan fingerprint density at radius 3 is 2.43 bits per heavy atom. The zero-order valence-electron chi connectivity index (χ0n) is 11.5. The Hall–Kier alpha value is -2.46. The van der Waals surface area contributed by atoms with Crippen molar-refractivity contribution in [3.05, 3.63) is 60.8 Å². The van der Waals surface area contributed by atoms with Gasteiger partial charge in [-0.3, -0.25) is 0 Å². The maximum atomic E-state index is 5.19. The molecule has 4 heteroatoms. The van der Waals surface area contributed by atoms with Gasteiger partial charge in [0.2, 0.25) is 0 Å². The fourth-order valence-corrected chi connectivity index (χ4v) is 2.45. The molecule has 4 rings (SSSR count). The Balaban J connectivity index is 1.67. The Morgan fingerprint density at radius 2 is 1.67 bits per heavy atom. The van der Waals surface area contributed by atoms with Crippen molar-refractivity contribution in [1.29, 1.82) is 0 Å². The number of hydrogen-bond acceptors (Lipinski definition) is 3. The van der Waals surface area contributed by atoms with Crippen LogP contribution in [0.4, 0.5) is 0 Å². The van der Waals surface area contributed by atoms with Gasteiger partial charge in [0.15, 0.2) is 0 Å². The van der Waals surface area contributed by atoms with Gasteiger partial charge in [-0.1, -0.05) is 53.7 Å². The molecule has 4 nitrogen and oxygen atoms in total. The number of hydrogen-bond donors (Lipinski definition) is 0. The largest absolute Gasteiger partial charge is 0.377 e. The SMILES string of the molecule is c1ccc(-c2cccc(-c3cn(C4COC4)nn3)c2)cc1. The van der Waals surface area contributed by atoms with Crippen LogP contribution in [-0.4, -0.2) is 28.2 Å². The maximum absolute atomic E-state index is 5.19. The van der Waals surface area contributed by atoms with Crippen LogP contribution in [-0.2, 0) is 4.74 Å². The van der Waals surface area contributed by atoms with Crippen molar-refractivity contribution in [2.24, 2.45) is 0 Å². The molecule has 1 aliphatic heterocycles. The standard InChI is InChI=1S/C17H15N3O/c1-2-5-13(6-3-1)14-7-4-8-15(9-14)17-10-20(19-18-17)16-11-21-12-16/h1-10,16H,11-12H2. The van der Waals surface area contributed by atoms with Crippen molar-refractivity contribution >= 4 is 0 Å². The minimum atomic E-state index is 0.337. The molecule has 0 radical (unpaired) electrons. The van der Waals surface area contributed by atoms with Crippen LogP contribution in [0.3, 0.4) is 0 Å². The molecule has 2 heterocycles. The van der Waals surface area contributed by atoms with E-state index in [1.54, 1.807) is 0 Å². The van der Waals surface area contributed by atoms with Crippen LogP contribution in [0.25, 0.3) is 22.4 Å². The average Bonchev–Trinajstić information content (AvgIpc) is 2.96. The molecule has 1 aliphatic rings. The summed E-state index contributed by atoms with van der Waals surface area (Å²) in [6, 6.07) is 19.1. The van der Waals surface area contributed by atoms with E-state index in [9.17, 15) is 0 Å². The second-order valence-electron chi connectivity index (χ2n) is 5.22. The summed E-state index contributed by atoms with van der Waals surface area (Å²) in [5, 5.41) is 8.49. The zero-order chi connectivity index (χ0) is 14.1. The number of benzene rings is 2. The van der Waals surface area contributed by atoms with Gasteiger partial charge in [0, 0.05) is 5.56 Å². The molecule has 1 aromatic heterocycles. The fraction of sp³-hybridized carbons (Fsp3) is 0.176. The number of ether oxygens (including phenoxy) is 1. The Bertz CT molecular complexity index is 747. The lowest BCUT2D eigenvalue weighted by Crippen LogP contribution is -2.30. The number of nitrogens with zero attached hydrogens (tertiary/aromatic N) is 3. The predicted octanol–water partition coefficient (Wildman–Crippen LogP) is 3.18. The first-order valence-corrected chi connectivity index (χ1v) is 7.05. The van der Waals surface area contributed by atoms with E-state index in [0.717, 1.165) is 24.5 Å². The lowest BCUT2D eigenvalue weighted by molar-refractivity contribution is -0.0293. The molecule has 0 atom stereocenters. The summed E-state index contributed by atoms with van der Waals surface area (Å²) in [6.07, 6.45) is 2.00. The zero-order valence-corrected chi connectivity index (χ0v) is 11.5. The molecule has 1 saturated heterocycles. The molecule has 0 spiro atoms. The summed E-state index contributed by atoms with van der Waals surface area (Å²) in [5.41, 5.74) is 4.39. The van der Waals surface area contributed by atoms with Crippen molar-refractivity contribution < 1.29 is 4.74 Å². The van der Waals surface area contributed by atoms with Gasteiger partial charge in [-0.05, 0) is 17.2 Å². The molecule has 0 unspecified atom stereocenters. The highest BCUT2D eigenvalue weighted by Crippen LogP contribution is 2.26. The highest BCUT2D eigenvalue weighted by molar-refractivity contribution is 5.70. The maximum Gasteiger partial charge on any atom is 0.113 e. The molecule has 0 bridgehead atoms. The Morgan fingerprint density at radius 1 is 0.905 bits per heavy atom. The molecule has 21 heavy (non-hydrogen) atoms. The second-order valence-corrected chi connectivity index (χ2v) is 5.22. The third kappa shape index (κ3) is 2.34. The van der Waals surface area contributed by atoms with Crippen molar-refractivity contribution in [2.75, 3.05) is 13.2 Å². The Kier molecular flexibility index (Phi) is 3.01. The third-order valence-corrected chi connectivity index (χ3v) is 3.77. The summed E-state index contributed by atoms with van der Waals surface area (Å²) in [5.74, 6) is 0. The molecule has 1 fully saturated rings. The predicted molar refractivity (Wildman–Crippen MR) is 80.8 cm³/mol. The van der Waals surface area contributed by atoms with E-state index < -0.39 is 0 Å². The topological polar surface area (TPSA) is 39.9 Å². The van der Waals surface area contributed by atoms with Crippen molar-refractivity contribution in [3.8, 4) is 22.4 Å². The van der Waals surface area contributed by atoms with Crippen LogP contribution in [0.1, 0.15) is 6.04 Å². The van der Waals surface area contributed by atoms with Crippen LogP contribution in [0.2, 0.25) is 0 Å². The molecule has 0 amide bonds.